The van der Waals surface area contributed by atoms with Gasteiger partial charge >= 0.3 is 0 Å². The number of nitrogens with one attached hydrogen (secondary N) is 1. The highest BCUT2D eigenvalue weighted by atomic mass is 16.1. The molecule has 0 aliphatic carbocycles. The van der Waals surface area contributed by atoms with Gasteiger partial charge in [-0.15, -0.1) is 6.58 Å². The molecule has 2 nitrogen and oxygen atoms in total. The monoisotopic (exact) mass is 197 g/mol. The number of unbranched alkanes of at least 4 members (excludes halogenated alkanes) is 4. The molecule has 0 amide bonds. The molecule has 0 saturated heterocycles. The first-order valence-corrected chi connectivity index (χ1v) is 5.44. The summed E-state index contributed by atoms with van der Waals surface area (Å²) in [5.41, 5.74) is -0.321. The molecular weight excluding hydrogens is 174 g/mol. The van der Waals surface area contributed by atoms with Gasteiger partial charge < -0.3 is 10.1 Å². The van der Waals surface area contributed by atoms with E-state index in [0.717, 1.165) is 25.5 Å². The van der Waals surface area contributed by atoms with Crippen LogP contribution in [0.15, 0.2) is 12.7 Å². The normalized spacial score (nSPS) is 14.7. The van der Waals surface area contributed by atoms with Crippen LogP contribution in [0, 0.1) is 0 Å². The summed E-state index contributed by atoms with van der Waals surface area (Å²) >= 11 is 0. The van der Waals surface area contributed by atoms with Gasteiger partial charge in [-0.05, 0) is 33.2 Å². The van der Waals surface area contributed by atoms with Crippen molar-refractivity contribution in [1.82, 2.24) is 5.32 Å². The van der Waals surface area contributed by atoms with E-state index in [2.05, 4.69) is 11.9 Å². The molecule has 1 unspecified atom stereocenters. The molecule has 0 aromatic rings. The second kappa shape index (κ2) is 7.74. The van der Waals surface area contributed by atoms with Crippen LogP contribution in [0.25, 0.3) is 0 Å². The van der Waals surface area contributed by atoms with Crippen molar-refractivity contribution in [3.05, 3.63) is 12.7 Å². The number of likely N-dealkylation sites (N-methyl/N-ethyl adjacent to an activating group) is 1. The summed E-state index contributed by atoms with van der Waals surface area (Å²) in [5, 5.41) is 3.05. The zero-order valence-electron chi connectivity index (χ0n) is 9.51. The minimum absolute atomic E-state index is 0.321. The van der Waals surface area contributed by atoms with E-state index < -0.39 is 0 Å². The fourth-order valence-electron chi connectivity index (χ4n) is 1.38. The number of aldehydes is 1. The van der Waals surface area contributed by atoms with Crippen LogP contribution < -0.4 is 5.32 Å². The Labute approximate surface area is 87.8 Å². The number of hydrogen-bond acceptors (Lipinski definition) is 2. The summed E-state index contributed by atoms with van der Waals surface area (Å²) < 4.78 is 0. The Morgan fingerprint density at radius 1 is 1.29 bits per heavy atom. The minimum atomic E-state index is -0.321. The van der Waals surface area contributed by atoms with E-state index in [1.807, 2.05) is 20.0 Å². The van der Waals surface area contributed by atoms with Crippen molar-refractivity contribution >= 4 is 6.29 Å². The number of carbonyl (C=O) groups excluding carboxylic acids is 1. The van der Waals surface area contributed by atoms with E-state index in [0.29, 0.717) is 0 Å². The average Bonchev–Trinajstić information content (AvgIpc) is 2.23. The van der Waals surface area contributed by atoms with E-state index in [-0.39, 0.29) is 5.54 Å². The molecule has 2 heteroatoms. The molecule has 0 aliphatic rings. The number of hydrogen-bond donors (Lipinski definition) is 1. The van der Waals surface area contributed by atoms with E-state index >= 15 is 0 Å². The molecule has 1 atom stereocenters. The smallest absolute Gasteiger partial charge is 0.139 e. The highest BCUT2D eigenvalue weighted by Gasteiger charge is 2.19. The van der Waals surface area contributed by atoms with Gasteiger partial charge in [0.05, 0.1) is 5.54 Å². The summed E-state index contributed by atoms with van der Waals surface area (Å²) in [6.45, 7) is 5.64. The second-order valence-corrected chi connectivity index (χ2v) is 4.03. The molecule has 0 radical (unpaired) electrons. The number of allylic oxidation sites excluding steroid dienone is 1. The molecule has 0 fully saturated rings. The summed E-state index contributed by atoms with van der Waals surface area (Å²) in [7, 11) is 1.84. The van der Waals surface area contributed by atoms with Crippen molar-refractivity contribution in [3.8, 4) is 0 Å². The molecule has 14 heavy (non-hydrogen) atoms. The standard InChI is InChI=1S/C12H23NO/c1-4-5-6-7-8-9-10-12(2,11-14)13-3/h4,11,13H,1,5-10H2,2-3H3. The van der Waals surface area contributed by atoms with Crippen molar-refractivity contribution < 1.29 is 4.79 Å². The maximum atomic E-state index is 10.7. The third kappa shape index (κ3) is 5.92. The van der Waals surface area contributed by atoms with Gasteiger partial charge in [-0.3, -0.25) is 0 Å². The molecular formula is C12H23NO. The van der Waals surface area contributed by atoms with Gasteiger partial charge in [0.2, 0.25) is 0 Å². The summed E-state index contributed by atoms with van der Waals surface area (Å²) in [6.07, 6.45) is 9.80. The third-order valence-corrected chi connectivity index (χ3v) is 2.69. The Hall–Kier alpha value is -0.630. The molecule has 0 rings (SSSR count). The topological polar surface area (TPSA) is 29.1 Å². The van der Waals surface area contributed by atoms with Gasteiger partial charge in [0.15, 0.2) is 0 Å². The lowest BCUT2D eigenvalue weighted by atomic mass is 9.96. The van der Waals surface area contributed by atoms with Crippen LogP contribution >= 0.6 is 0 Å². The minimum Gasteiger partial charge on any atom is -0.308 e. The third-order valence-electron chi connectivity index (χ3n) is 2.69. The van der Waals surface area contributed by atoms with Gasteiger partial charge in [0.1, 0.15) is 6.29 Å². The van der Waals surface area contributed by atoms with Gasteiger partial charge in [-0.1, -0.05) is 25.3 Å². The average molecular weight is 197 g/mol. The van der Waals surface area contributed by atoms with Gasteiger partial charge in [-0.25, -0.2) is 0 Å². The second-order valence-electron chi connectivity index (χ2n) is 4.03. The van der Waals surface area contributed by atoms with Crippen LogP contribution in [0.3, 0.4) is 0 Å². The summed E-state index contributed by atoms with van der Waals surface area (Å²) in [5.74, 6) is 0. The van der Waals surface area contributed by atoms with E-state index in [1.54, 1.807) is 0 Å². The maximum absolute atomic E-state index is 10.7. The van der Waals surface area contributed by atoms with Crippen LogP contribution in [-0.4, -0.2) is 18.9 Å². The van der Waals surface area contributed by atoms with Gasteiger partial charge in [-0.2, -0.15) is 0 Å². The number of carbonyl (C=O) groups is 1. The fraction of sp³-hybridized carbons (Fsp3) is 0.750. The van der Waals surface area contributed by atoms with Crippen LogP contribution in [-0.2, 0) is 4.79 Å². The highest BCUT2D eigenvalue weighted by Crippen LogP contribution is 2.13. The first-order chi connectivity index (χ1) is 6.68. The highest BCUT2D eigenvalue weighted by molar-refractivity contribution is 5.63. The lowest BCUT2D eigenvalue weighted by Gasteiger charge is -2.21. The van der Waals surface area contributed by atoms with Crippen molar-refractivity contribution in [2.45, 2.75) is 51.0 Å². The quantitative estimate of drug-likeness (QED) is 0.350. The molecule has 0 saturated carbocycles. The fourth-order valence-corrected chi connectivity index (χ4v) is 1.38. The molecule has 1 N–H and O–H groups in total. The van der Waals surface area contributed by atoms with Gasteiger partial charge in [0, 0.05) is 0 Å². The Bertz CT molecular complexity index is 168. The van der Waals surface area contributed by atoms with Crippen LogP contribution in [0.4, 0.5) is 0 Å². The lowest BCUT2D eigenvalue weighted by molar-refractivity contribution is -0.112. The molecule has 0 aromatic heterocycles. The van der Waals surface area contributed by atoms with Crippen molar-refractivity contribution in [3.63, 3.8) is 0 Å². The number of rotatable bonds is 9. The first kappa shape index (κ1) is 13.4. The molecule has 0 spiro atoms. The lowest BCUT2D eigenvalue weighted by Crippen LogP contribution is -2.41. The van der Waals surface area contributed by atoms with Crippen LogP contribution in [0.2, 0.25) is 0 Å². The molecule has 0 heterocycles. The SMILES string of the molecule is C=CCCCCCCC(C)(C=O)NC. The Kier molecular flexibility index (Phi) is 7.40. The summed E-state index contributed by atoms with van der Waals surface area (Å²) in [4.78, 5) is 10.7. The zero-order valence-corrected chi connectivity index (χ0v) is 9.51. The Balaban J connectivity index is 3.42. The summed E-state index contributed by atoms with van der Waals surface area (Å²) in [6, 6.07) is 0. The van der Waals surface area contributed by atoms with E-state index in [9.17, 15) is 4.79 Å². The largest absolute Gasteiger partial charge is 0.308 e. The van der Waals surface area contributed by atoms with Crippen molar-refractivity contribution in [2.75, 3.05) is 7.05 Å². The molecule has 0 aromatic carbocycles. The molecule has 82 valence electrons. The first-order valence-electron chi connectivity index (χ1n) is 5.44. The van der Waals surface area contributed by atoms with Crippen molar-refractivity contribution in [1.29, 1.82) is 0 Å². The Morgan fingerprint density at radius 3 is 2.43 bits per heavy atom. The zero-order chi connectivity index (χ0) is 10.9. The van der Waals surface area contributed by atoms with E-state index in [4.69, 9.17) is 0 Å². The van der Waals surface area contributed by atoms with Crippen molar-refractivity contribution in [2.24, 2.45) is 0 Å². The predicted molar refractivity (Wildman–Crippen MR) is 61.4 cm³/mol. The Morgan fingerprint density at radius 2 is 1.93 bits per heavy atom. The van der Waals surface area contributed by atoms with Crippen LogP contribution in [0.1, 0.15) is 45.4 Å². The molecule has 0 aliphatic heterocycles. The van der Waals surface area contributed by atoms with Gasteiger partial charge in [0.25, 0.3) is 0 Å². The van der Waals surface area contributed by atoms with Crippen LogP contribution in [0.5, 0.6) is 0 Å². The van der Waals surface area contributed by atoms with E-state index in [1.165, 1.54) is 19.3 Å². The maximum Gasteiger partial charge on any atom is 0.139 e. The predicted octanol–water partition coefficient (Wildman–Crippen LogP) is 2.69. The molecule has 0 bridgehead atoms.